The van der Waals surface area contributed by atoms with Crippen LogP contribution >= 0.6 is 0 Å². The van der Waals surface area contributed by atoms with Gasteiger partial charge in [-0.2, -0.15) is 0 Å². The molecule has 3 heterocycles. The van der Waals surface area contributed by atoms with Crippen molar-refractivity contribution in [2.75, 3.05) is 6.61 Å². The molecule has 0 bridgehead atoms. The lowest BCUT2D eigenvalue weighted by atomic mass is 10.1. The summed E-state index contributed by atoms with van der Waals surface area (Å²) in [5.74, 6) is -1.44. The summed E-state index contributed by atoms with van der Waals surface area (Å²) in [7, 11) is 0. The highest BCUT2D eigenvalue weighted by atomic mass is 19.1. The van der Waals surface area contributed by atoms with Crippen molar-refractivity contribution in [2.24, 2.45) is 0 Å². The molecule has 0 saturated carbocycles. The lowest BCUT2D eigenvalue weighted by Gasteiger charge is -2.25. The molecule has 0 aromatic carbocycles. The van der Waals surface area contributed by atoms with Crippen LogP contribution < -0.4 is 0 Å². The number of fused-ring (bicyclic) bond motifs is 1. The third-order valence-corrected chi connectivity index (χ3v) is 3.43. The van der Waals surface area contributed by atoms with Crippen LogP contribution in [-0.2, 0) is 23.7 Å². The van der Waals surface area contributed by atoms with E-state index in [1.165, 1.54) is 0 Å². The minimum absolute atomic E-state index is 0.328. The second kappa shape index (κ2) is 3.86. The normalized spacial score (nSPS) is 49.5. The summed E-state index contributed by atoms with van der Waals surface area (Å²) in [4.78, 5) is 0. The van der Waals surface area contributed by atoms with E-state index in [0.29, 0.717) is 6.61 Å². The first kappa shape index (κ1) is 12.7. The van der Waals surface area contributed by atoms with Gasteiger partial charge in [-0.1, -0.05) is 0 Å². The Morgan fingerprint density at radius 1 is 0.889 bits per heavy atom. The summed E-state index contributed by atoms with van der Waals surface area (Å²) in [6.07, 6.45) is -3.43. The fraction of sp³-hybridized carbons (Fsp3) is 1.00. The summed E-state index contributed by atoms with van der Waals surface area (Å²) >= 11 is 0. The summed E-state index contributed by atoms with van der Waals surface area (Å²) in [5.41, 5.74) is 0. The van der Waals surface area contributed by atoms with E-state index in [1.807, 2.05) is 13.8 Å². The molecule has 3 aliphatic rings. The molecule has 1 unspecified atom stereocenters. The maximum atomic E-state index is 13.8. The summed E-state index contributed by atoms with van der Waals surface area (Å²) in [5, 5.41) is 0. The van der Waals surface area contributed by atoms with Crippen LogP contribution in [0.25, 0.3) is 0 Å². The first-order valence-electron chi connectivity index (χ1n) is 6.24. The molecule has 5 atom stereocenters. The van der Waals surface area contributed by atoms with Crippen LogP contribution in [0.2, 0.25) is 0 Å². The number of rotatable bonds is 1. The van der Waals surface area contributed by atoms with Crippen LogP contribution in [0.5, 0.6) is 0 Å². The van der Waals surface area contributed by atoms with Gasteiger partial charge in [-0.05, 0) is 27.7 Å². The summed E-state index contributed by atoms with van der Waals surface area (Å²) in [6, 6.07) is 0. The Morgan fingerprint density at radius 2 is 1.56 bits per heavy atom. The van der Waals surface area contributed by atoms with E-state index in [0.717, 1.165) is 0 Å². The summed E-state index contributed by atoms with van der Waals surface area (Å²) in [6.45, 7) is 7.55. The van der Waals surface area contributed by atoms with Crippen molar-refractivity contribution in [1.29, 1.82) is 0 Å². The van der Waals surface area contributed by atoms with Crippen LogP contribution in [0.4, 0.5) is 4.39 Å². The van der Waals surface area contributed by atoms with E-state index in [1.54, 1.807) is 13.8 Å². The molecule has 18 heavy (non-hydrogen) atoms. The van der Waals surface area contributed by atoms with Crippen LogP contribution in [0.15, 0.2) is 0 Å². The predicted molar refractivity (Wildman–Crippen MR) is 58.5 cm³/mol. The molecule has 3 rings (SSSR count). The highest BCUT2D eigenvalue weighted by molar-refractivity contribution is 4.99. The molecular formula is C12H19FO5. The number of hydrogen-bond acceptors (Lipinski definition) is 5. The number of halogens is 1. The van der Waals surface area contributed by atoms with Crippen molar-refractivity contribution >= 4 is 0 Å². The van der Waals surface area contributed by atoms with Gasteiger partial charge in [0.1, 0.15) is 24.4 Å². The van der Waals surface area contributed by atoms with Crippen molar-refractivity contribution in [3.8, 4) is 0 Å². The average molecular weight is 262 g/mol. The molecule has 0 aromatic heterocycles. The highest BCUT2D eigenvalue weighted by Crippen LogP contribution is 2.42. The molecule has 5 nitrogen and oxygen atoms in total. The molecule has 0 amide bonds. The Hall–Kier alpha value is -0.270. The molecule has 0 aromatic rings. The van der Waals surface area contributed by atoms with E-state index in [9.17, 15) is 4.39 Å². The molecule has 0 radical (unpaired) electrons. The molecule has 6 heteroatoms. The van der Waals surface area contributed by atoms with E-state index in [4.69, 9.17) is 23.7 Å². The van der Waals surface area contributed by atoms with E-state index in [-0.39, 0.29) is 6.10 Å². The molecule has 0 N–H and O–H groups in total. The topological polar surface area (TPSA) is 46.2 Å². The third-order valence-electron chi connectivity index (χ3n) is 3.43. The Bertz CT molecular complexity index is 345. The Kier molecular flexibility index (Phi) is 2.74. The van der Waals surface area contributed by atoms with Gasteiger partial charge in [0.25, 0.3) is 0 Å². The van der Waals surface area contributed by atoms with Gasteiger partial charge in [0.05, 0.1) is 6.61 Å². The van der Waals surface area contributed by atoms with Crippen molar-refractivity contribution < 1.29 is 28.1 Å². The van der Waals surface area contributed by atoms with Gasteiger partial charge in [-0.15, -0.1) is 0 Å². The summed E-state index contributed by atoms with van der Waals surface area (Å²) < 4.78 is 41.5. The Balaban J connectivity index is 1.75. The van der Waals surface area contributed by atoms with E-state index in [2.05, 4.69) is 0 Å². The van der Waals surface area contributed by atoms with Crippen LogP contribution in [0, 0.1) is 0 Å². The SMILES string of the molecule is CC1(C)O[C@H]2[C@@H]([C@H]3COC(C)(C)O3)OC(F)[C@H]2O1. The van der Waals surface area contributed by atoms with Gasteiger partial charge in [-0.25, -0.2) is 4.39 Å². The van der Waals surface area contributed by atoms with Gasteiger partial charge < -0.3 is 23.7 Å². The molecule has 0 aliphatic carbocycles. The minimum Gasteiger partial charge on any atom is -0.348 e. The molecule has 3 aliphatic heterocycles. The molecule has 0 spiro atoms. The maximum absolute atomic E-state index is 13.8. The van der Waals surface area contributed by atoms with Gasteiger partial charge in [0.15, 0.2) is 11.6 Å². The van der Waals surface area contributed by atoms with Gasteiger partial charge >= 0.3 is 0 Å². The number of alkyl halides is 1. The van der Waals surface area contributed by atoms with Crippen molar-refractivity contribution in [1.82, 2.24) is 0 Å². The zero-order valence-electron chi connectivity index (χ0n) is 11.0. The lowest BCUT2D eigenvalue weighted by Crippen LogP contribution is -2.40. The molecule has 3 fully saturated rings. The third kappa shape index (κ3) is 2.06. The zero-order valence-corrected chi connectivity index (χ0v) is 11.0. The van der Waals surface area contributed by atoms with Crippen molar-refractivity contribution in [2.45, 2.75) is 70.0 Å². The number of ether oxygens (including phenoxy) is 5. The van der Waals surface area contributed by atoms with Crippen molar-refractivity contribution in [3.05, 3.63) is 0 Å². The van der Waals surface area contributed by atoms with Gasteiger partial charge in [0, 0.05) is 0 Å². The highest BCUT2D eigenvalue weighted by Gasteiger charge is 2.59. The average Bonchev–Trinajstić information content (AvgIpc) is 2.81. The zero-order chi connectivity index (χ0) is 13.1. The minimum atomic E-state index is -1.48. The van der Waals surface area contributed by atoms with E-state index < -0.39 is 36.2 Å². The fourth-order valence-corrected chi connectivity index (χ4v) is 2.76. The van der Waals surface area contributed by atoms with Gasteiger partial charge in [-0.3, -0.25) is 0 Å². The number of hydrogen-bond donors (Lipinski definition) is 0. The Labute approximate surface area is 105 Å². The lowest BCUT2D eigenvalue weighted by molar-refractivity contribution is -0.221. The second-order valence-electron chi connectivity index (χ2n) is 5.88. The standard InChI is InChI=1S/C12H19FO5/c1-11(2)14-5-6(16-11)7-8-9(10(13)15-7)18-12(3,4)17-8/h6-10H,5H2,1-4H3/t6-,7-,8+,9+,10?/m1/s1. The molecule has 104 valence electrons. The fourth-order valence-electron chi connectivity index (χ4n) is 2.76. The second-order valence-corrected chi connectivity index (χ2v) is 5.88. The van der Waals surface area contributed by atoms with Gasteiger partial charge in [0.2, 0.25) is 6.36 Å². The van der Waals surface area contributed by atoms with E-state index >= 15 is 0 Å². The van der Waals surface area contributed by atoms with Crippen LogP contribution in [-0.4, -0.2) is 49.0 Å². The molecular weight excluding hydrogens is 243 g/mol. The monoisotopic (exact) mass is 262 g/mol. The van der Waals surface area contributed by atoms with Crippen LogP contribution in [0.3, 0.4) is 0 Å². The van der Waals surface area contributed by atoms with Crippen molar-refractivity contribution in [3.63, 3.8) is 0 Å². The molecule has 3 saturated heterocycles. The first-order valence-corrected chi connectivity index (χ1v) is 6.24. The maximum Gasteiger partial charge on any atom is 0.228 e. The van der Waals surface area contributed by atoms with Crippen LogP contribution in [0.1, 0.15) is 27.7 Å². The smallest absolute Gasteiger partial charge is 0.228 e. The Morgan fingerprint density at radius 3 is 2.17 bits per heavy atom. The predicted octanol–water partition coefficient (Wildman–Crippen LogP) is 1.35. The largest absolute Gasteiger partial charge is 0.348 e. The quantitative estimate of drug-likeness (QED) is 0.714. The first-order chi connectivity index (χ1) is 8.27.